The quantitative estimate of drug-likeness (QED) is 0.921. The molecule has 0 aliphatic carbocycles. The van der Waals surface area contributed by atoms with Gasteiger partial charge in [-0.15, -0.1) is 0 Å². The Morgan fingerprint density at radius 1 is 1.18 bits per heavy atom. The van der Waals surface area contributed by atoms with Crippen LogP contribution in [0.3, 0.4) is 0 Å². The SMILES string of the molecule is CCOc1cc2c(cc1OCC)[C@@H](c1cccnc1)NCC2. The van der Waals surface area contributed by atoms with Crippen LogP contribution in [0.4, 0.5) is 0 Å². The van der Waals surface area contributed by atoms with Crippen molar-refractivity contribution in [1.82, 2.24) is 10.3 Å². The fraction of sp³-hybridized carbons (Fsp3) is 0.389. The molecular formula is C18H22N2O2. The molecule has 0 fully saturated rings. The molecule has 2 heterocycles. The number of fused-ring (bicyclic) bond motifs is 1. The molecule has 1 aromatic carbocycles. The highest BCUT2D eigenvalue weighted by Gasteiger charge is 2.24. The Balaban J connectivity index is 2.03. The number of nitrogens with one attached hydrogen (secondary N) is 1. The predicted molar refractivity (Wildman–Crippen MR) is 86.6 cm³/mol. The Labute approximate surface area is 131 Å². The number of benzene rings is 1. The minimum atomic E-state index is 0.160. The molecule has 0 radical (unpaired) electrons. The summed E-state index contributed by atoms with van der Waals surface area (Å²) in [4.78, 5) is 4.24. The lowest BCUT2D eigenvalue weighted by atomic mass is 9.90. The first-order valence-electron chi connectivity index (χ1n) is 7.89. The van der Waals surface area contributed by atoms with E-state index >= 15 is 0 Å². The summed E-state index contributed by atoms with van der Waals surface area (Å²) >= 11 is 0. The monoisotopic (exact) mass is 298 g/mol. The van der Waals surface area contributed by atoms with Gasteiger partial charge in [-0.2, -0.15) is 0 Å². The second kappa shape index (κ2) is 6.79. The molecule has 0 saturated heterocycles. The highest BCUT2D eigenvalue weighted by Crippen LogP contribution is 2.37. The number of pyridine rings is 1. The van der Waals surface area contributed by atoms with Gasteiger partial charge in [-0.05, 0) is 55.2 Å². The minimum Gasteiger partial charge on any atom is -0.490 e. The van der Waals surface area contributed by atoms with E-state index in [2.05, 4.69) is 28.5 Å². The van der Waals surface area contributed by atoms with E-state index in [9.17, 15) is 0 Å². The van der Waals surface area contributed by atoms with Crippen molar-refractivity contribution >= 4 is 0 Å². The number of aromatic nitrogens is 1. The standard InChI is InChI=1S/C18H22N2O2/c1-3-21-16-10-13-7-9-20-18(14-6-5-8-19-12-14)15(13)11-17(16)22-4-2/h5-6,8,10-12,18,20H,3-4,7,9H2,1-2H3/t18-/m1/s1. The van der Waals surface area contributed by atoms with Gasteiger partial charge < -0.3 is 14.8 Å². The second-order valence-corrected chi connectivity index (χ2v) is 5.29. The molecule has 1 aliphatic heterocycles. The molecule has 22 heavy (non-hydrogen) atoms. The third kappa shape index (κ3) is 2.92. The largest absolute Gasteiger partial charge is 0.490 e. The fourth-order valence-electron chi connectivity index (χ4n) is 2.94. The normalized spacial score (nSPS) is 16.9. The molecule has 0 amide bonds. The average Bonchev–Trinajstić information content (AvgIpc) is 2.56. The van der Waals surface area contributed by atoms with E-state index in [1.54, 1.807) is 6.20 Å². The highest BCUT2D eigenvalue weighted by molar-refractivity contribution is 5.51. The Morgan fingerprint density at radius 3 is 2.64 bits per heavy atom. The minimum absolute atomic E-state index is 0.160. The topological polar surface area (TPSA) is 43.4 Å². The molecule has 4 heteroatoms. The average molecular weight is 298 g/mol. The zero-order chi connectivity index (χ0) is 15.4. The van der Waals surface area contributed by atoms with Gasteiger partial charge in [0.05, 0.1) is 19.3 Å². The summed E-state index contributed by atoms with van der Waals surface area (Å²) in [6.07, 6.45) is 4.72. The van der Waals surface area contributed by atoms with Gasteiger partial charge in [0.1, 0.15) is 0 Å². The molecule has 116 valence electrons. The molecule has 3 rings (SSSR count). The van der Waals surface area contributed by atoms with Crippen LogP contribution in [0.25, 0.3) is 0 Å². The van der Waals surface area contributed by atoms with E-state index in [0.717, 1.165) is 24.5 Å². The van der Waals surface area contributed by atoms with E-state index in [1.165, 1.54) is 16.7 Å². The summed E-state index contributed by atoms with van der Waals surface area (Å²) in [5.41, 5.74) is 3.75. The summed E-state index contributed by atoms with van der Waals surface area (Å²) in [5, 5.41) is 3.58. The summed E-state index contributed by atoms with van der Waals surface area (Å²) < 4.78 is 11.5. The van der Waals surface area contributed by atoms with E-state index in [-0.39, 0.29) is 6.04 Å². The van der Waals surface area contributed by atoms with Crippen LogP contribution >= 0.6 is 0 Å². The van der Waals surface area contributed by atoms with Crippen molar-refractivity contribution < 1.29 is 9.47 Å². The smallest absolute Gasteiger partial charge is 0.161 e. The molecule has 0 saturated carbocycles. The van der Waals surface area contributed by atoms with Crippen LogP contribution in [-0.2, 0) is 6.42 Å². The molecule has 2 aromatic rings. The third-order valence-electron chi connectivity index (χ3n) is 3.88. The lowest BCUT2D eigenvalue weighted by Gasteiger charge is -2.28. The first-order chi connectivity index (χ1) is 10.8. The zero-order valence-corrected chi connectivity index (χ0v) is 13.1. The van der Waals surface area contributed by atoms with Gasteiger partial charge in [0, 0.05) is 18.9 Å². The molecule has 4 nitrogen and oxygen atoms in total. The van der Waals surface area contributed by atoms with Gasteiger partial charge in [0.25, 0.3) is 0 Å². The molecule has 0 spiro atoms. The zero-order valence-electron chi connectivity index (χ0n) is 13.1. The molecule has 1 aliphatic rings. The lowest BCUT2D eigenvalue weighted by Crippen LogP contribution is -2.30. The Hall–Kier alpha value is -2.07. The van der Waals surface area contributed by atoms with E-state index < -0.39 is 0 Å². The maximum absolute atomic E-state index is 5.77. The molecule has 0 bridgehead atoms. The number of rotatable bonds is 5. The summed E-state index contributed by atoms with van der Waals surface area (Å²) in [5.74, 6) is 1.66. The van der Waals surface area contributed by atoms with Gasteiger partial charge in [-0.1, -0.05) is 6.07 Å². The fourth-order valence-corrected chi connectivity index (χ4v) is 2.94. The summed E-state index contributed by atoms with van der Waals surface area (Å²) in [7, 11) is 0. The predicted octanol–water partition coefficient (Wildman–Crippen LogP) is 3.11. The maximum atomic E-state index is 5.77. The van der Waals surface area contributed by atoms with Crippen LogP contribution in [-0.4, -0.2) is 24.7 Å². The van der Waals surface area contributed by atoms with Gasteiger partial charge in [-0.3, -0.25) is 4.98 Å². The van der Waals surface area contributed by atoms with Crippen molar-refractivity contribution in [3.8, 4) is 11.5 Å². The van der Waals surface area contributed by atoms with Crippen molar-refractivity contribution in [2.45, 2.75) is 26.3 Å². The van der Waals surface area contributed by atoms with E-state index in [4.69, 9.17) is 9.47 Å². The summed E-state index contributed by atoms with van der Waals surface area (Å²) in [6.45, 7) is 6.21. The third-order valence-corrected chi connectivity index (χ3v) is 3.88. The second-order valence-electron chi connectivity index (χ2n) is 5.29. The Kier molecular flexibility index (Phi) is 4.59. The van der Waals surface area contributed by atoms with Gasteiger partial charge >= 0.3 is 0 Å². The van der Waals surface area contributed by atoms with Crippen LogP contribution in [0.2, 0.25) is 0 Å². The Morgan fingerprint density at radius 2 is 1.95 bits per heavy atom. The van der Waals surface area contributed by atoms with Gasteiger partial charge in [0.2, 0.25) is 0 Å². The van der Waals surface area contributed by atoms with Crippen LogP contribution in [0, 0.1) is 0 Å². The van der Waals surface area contributed by atoms with Crippen molar-refractivity contribution in [3.05, 3.63) is 53.3 Å². The van der Waals surface area contributed by atoms with Crippen molar-refractivity contribution in [2.75, 3.05) is 19.8 Å². The molecule has 0 unspecified atom stereocenters. The number of hydrogen-bond acceptors (Lipinski definition) is 4. The van der Waals surface area contributed by atoms with Crippen LogP contribution < -0.4 is 14.8 Å². The molecule has 1 atom stereocenters. The number of ether oxygens (including phenoxy) is 2. The number of hydrogen-bond donors (Lipinski definition) is 1. The van der Waals surface area contributed by atoms with Crippen LogP contribution in [0.5, 0.6) is 11.5 Å². The van der Waals surface area contributed by atoms with E-state index in [0.29, 0.717) is 13.2 Å². The van der Waals surface area contributed by atoms with Crippen LogP contribution in [0.15, 0.2) is 36.7 Å². The van der Waals surface area contributed by atoms with Crippen molar-refractivity contribution in [3.63, 3.8) is 0 Å². The highest BCUT2D eigenvalue weighted by atomic mass is 16.5. The van der Waals surface area contributed by atoms with Crippen molar-refractivity contribution in [1.29, 1.82) is 0 Å². The molecule has 1 aromatic heterocycles. The maximum Gasteiger partial charge on any atom is 0.161 e. The molecule has 1 N–H and O–H groups in total. The van der Waals surface area contributed by atoms with Crippen LogP contribution in [0.1, 0.15) is 36.6 Å². The lowest BCUT2D eigenvalue weighted by molar-refractivity contribution is 0.286. The van der Waals surface area contributed by atoms with Gasteiger partial charge in [-0.25, -0.2) is 0 Å². The Bertz CT molecular complexity index is 628. The van der Waals surface area contributed by atoms with Crippen molar-refractivity contribution in [2.24, 2.45) is 0 Å². The van der Waals surface area contributed by atoms with Gasteiger partial charge in [0.15, 0.2) is 11.5 Å². The number of nitrogens with zero attached hydrogens (tertiary/aromatic N) is 1. The first kappa shape index (κ1) is 14.9. The van der Waals surface area contributed by atoms with E-state index in [1.807, 2.05) is 26.1 Å². The summed E-state index contributed by atoms with van der Waals surface area (Å²) in [6, 6.07) is 8.49. The molecular weight excluding hydrogens is 276 g/mol. The first-order valence-corrected chi connectivity index (χ1v) is 7.89.